The molecule has 8 heteroatoms. The van der Waals surface area contributed by atoms with Crippen LogP contribution >= 0.6 is 11.6 Å². The largest absolute Gasteiger partial charge is 0.379 e. The SMILES string of the molecule is Cc1cccc2c1N(C(=O)c1ccc(Cl)c(S(=O)(=O)N3CCOCC3)c1)CCC2. The van der Waals surface area contributed by atoms with Gasteiger partial charge in [-0.3, -0.25) is 4.79 Å². The van der Waals surface area contributed by atoms with Gasteiger partial charge >= 0.3 is 0 Å². The number of benzene rings is 2. The molecule has 1 fully saturated rings. The Bertz CT molecular complexity index is 1050. The smallest absolute Gasteiger partial charge is 0.258 e. The summed E-state index contributed by atoms with van der Waals surface area (Å²) in [6.07, 6.45) is 1.80. The first kappa shape index (κ1) is 20.3. The molecule has 0 aliphatic carbocycles. The third-order valence-corrected chi connectivity index (χ3v) is 7.81. The Hall–Kier alpha value is -1.93. The summed E-state index contributed by atoms with van der Waals surface area (Å²) in [6.45, 7) is 3.83. The van der Waals surface area contributed by atoms with E-state index in [0.717, 1.165) is 29.7 Å². The van der Waals surface area contributed by atoms with Crippen molar-refractivity contribution in [2.45, 2.75) is 24.7 Å². The van der Waals surface area contributed by atoms with Crippen molar-refractivity contribution >= 4 is 33.2 Å². The number of sulfonamides is 1. The van der Waals surface area contributed by atoms with Crippen LogP contribution in [0.4, 0.5) is 5.69 Å². The van der Waals surface area contributed by atoms with Gasteiger partial charge in [-0.1, -0.05) is 29.8 Å². The van der Waals surface area contributed by atoms with E-state index >= 15 is 0 Å². The second-order valence-electron chi connectivity index (χ2n) is 7.30. The minimum atomic E-state index is -3.80. The molecule has 1 amide bonds. The molecular formula is C21H23ClN2O4S. The zero-order chi connectivity index (χ0) is 20.6. The number of morpholine rings is 1. The Balaban J connectivity index is 1.71. The first-order valence-electron chi connectivity index (χ1n) is 9.67. The minimum absolute atomic E-state index is 0.0334. The number of para-hydroxylation sites is 1. The number of ether oxygens (including phenoxy) is 1. The van der Waals surface area contributed by atoms with Crippen LogP contribution in [0.3, 0.4) is 0 Å². The number of amides is 1. The molecule has 2 aliphatic heterocycles. The van der Waals surface area contributed by atoms with Gasteiger partial charge in [0.2, 0.25) is 10.0 Å². The molecule has 0 radical (unpaired) electrons. The van der Waals surface area contributed by atoms with Gasteiger partial charge in [0.25, 0.3) is 5.91 Å². The number of hydrogen-bond donors (Lipinski definition) is 0. The van der Waals surface area contributed by atoms with Crippen LogP contribution in [0.1, 0.15) is 27.9 Å². The molecule has 6 nitrogen and oxygen atoms in total. The van der Waals surface area contributed by atoms with Gasteiger partial charge in [0.15, 0.2) is 0 Å². The number of carbonyl (C=O) groups is 1. The van der Waals surface area contributed by atoms with Crippen molar-refractivity contribution < 1.29 is 17.9 Å². The lowest BCUT2D eigenvalue weighted by atomic mass is 9.97. The van der Waals surface area contributed by atoms with Crippen molar-refractivity contribution in [2.75, 3.05) is 37.7 Å². The monoisotopic (exact) mass is 434 g/mol. The van der Waals surface area contributed by atoms with E-state index in [1.807, 2.05) is 25.1 Å². The van der Waals surface area contributed by atoms with Crippen molar-refractivity contribution in [3.63, 3.8) is 0 Å². The van der Waals surface area contributed by atoms with Crippen molar-refractivity contribution in [3.05, 3.63) is 58.1 Å². The average Bonchev–Trinajstić information content (AvgIpc) is 2.74. The second kappa shape index (κ2) is 8.07. The molecule has 2 heterocycles. The predicted molar refractivity (Wildman–Crippen MR) is 112 cm³/mol. The highest BCUT2D eigenvalue weighted by molar-refractivity contribution is 7.89. The molecule has 0 aromatic heterocycles. The summed E-state index contributed by atoms with van der Waals surface area (Å²) in [5.41, 5.74) is 3.42. The van der Waals surface area contributed by atoms with Gasteiger partial charge in [-0.05, 0) is 49.1 Å². The molecule has 0 bridgehead atoms. The molecule has 0 unspecified atom stereocenters. The van der Waals surface area contributed by atoms with Gasteiger partial charge in [0, 0.05) is 25.2 Å². The number of nitrogens with zero attached hydrogens (tertiary/aromatic N) is 2. The zero-order valence-electron chi connectivity index (χ0n) is 16.2. The van der Waals surface area contributed by atoms with Gasteiger partial charge in [0.1, 0.15) is 4.90 Å². The molecule has 29 heavy (non-hydrogen) atoms. The Morgan fingerprint density at radius 2 is 1.86 bits per heavy atom. The molecule has 0 spiro atoms. The first-order chi connectivity index (χ1) is 13.9. The Morgan fingerprint density at radius 3 is 2.62 bits per heavy atom. The summed E-state index contributed by atoms with van der Waals surface area (Å²) >= 11 is 6.23. The van der Waals surface area contributed by atoms with Crippen LogP contribution in [0, 0.1) is 6.92 Å². The topological polar surface area (TPSA) is 66.9 Å². The number of aryl methyl sites for hydroxylation is 2. The Labute approximate surface area is 176 Å². The van der Waals surface area contributed by atoms with Crippen molar-refractivity contribution in [3.8, 4) is 0 Å². The molecule has 154 valence electrons. The number of carbonyl (C=O) groups excluding carboxylic acids is 1. The van der Waals surface area contributed by atoms with E-state index in [0.29, 0.717) is 25.3 Å². The molecule has 0 atom stereocenters. The van der Waals surface area contributed by atoms with Crippen LogP contribution in [0.2, 0.25) is 5.02 Å². The van der Waals surface area contributed by atoms with Crippen molar-refractivity contribution in [2.24, 2.45) is 0 Å². The van der Waals surface area contributed by atoms with Gasteiger partial charge < -0.3 is 9.64 Å². The molecule has 0 saturated carbocycles. The quantitative estimate of drug-likeness (QED) is 0.743. The van der Waals surface area contributed by atoms with Gasteiger partial charge in [-0.25, -0.2) is 8.42 Å². The van der Waals surface area contributed by atoms with Gasteiger partial charge in [0.05, 0.1) is 23.9 Å². The van der Waals surface area contributed by atoms with E-state index in [9.17, 15) is 13.2 Å². The highest BCUT2D eigenvalue weighted by Crippen LogP contribution is 2.33. The highest BCUT2D eigenvalue weighted by atomic mass is 35.5. The van der Waals surface area contributed by atoms with E-state index in [1.165, 1.54) is 16.4 Å². The number of fused-ring (bicyclic) bond motifs is 1. The summed E-state index contributed by atoms with van der Waals surface area (Å²) in [6, 6.07) is 10.5. The van der Waals surface area contributed by atoms with Crippen LogP contribution in [0.25, 0.3) is 0 Å². The maximum Gasteiger partial charge on any atom is 0.258 e. The fourth-order valence-electron chi connectivity index (χ4n) is 3.97. The van der Waals surface area contributed by atoms with E-state index < -0.39 is 10.0 Å². The fourth-order valence-corrected chi connectivity index (χ4v) is 5.87. The molecule has 2 aromatic carbocycles. The lowest BCUT2D eigenvalue weighted by Gasteiger charge is -2.31. The zero-order valence-corrected chi connectivity index (χ0v) is 17.8. The van der Waals surface area contributed by atoms with E-state index in [-0.39, 0.29) is 28.9 Å². The standard InChI is InChI=1S/C21H23ClN2O4S/c1-15-4-2-5-16-6-3-9-24(20(15)16)21(25)17-7-8-18(22)19(14-17)29(26,27)23-10-12-28-13-11-23/h2,4-5,7-8,14H,3,6,9-13H2,1H3. The minimum Gasteiger partial charge on any atom is -0.379 e. The predicted octanol–water partition coefficient (Wildman–Crippen LogP) is 3.26. The number of rotatable bonds is 3. The third kappa shape index (κ3) is 3.80. The summed E-state index contributed by atoms with van der Waals surface area (Å²) in [4.78, 5) is 15.1. The average molecular weight is 435 g/mol. The third-order valence-electron chi connectivity index (χ3n) is 5.43. The van der Waals surface area contributed by atoms with Gasteiger partial charge in [-0.2, -0.15) is 4.31 Å². The number of hydrogen-bond acceptors (Lipinski definition) is 4. The molecule has 4 rings (SSSR count). The molecular weight excluding hydrogens is 412 g/mol. The van der Waals surface area contributed by atoms with E-state index in [1.54, 1.807) is 11.0 Å². The molecule has 2 aromatic rings. The Morgan fingerprint density at radius 1 is 1.10 bits per heavy atom. The summed E-state index contributed by atoms with van der Waals surface area (Å²) in [5, 5.41) is 0.114. The van der Waals surface area contributed by atoms with Gasteiger partial charge in [-0.15, -0.1) is 0 Å². The van der Waals surface area contributed by atoms with Crippen LogP contribution in [0.5, 0.6) is 0 Å². The van der Waals surface area contributed by atoms with Crippen LogP contribution in [-0.4, -0.2) is 51.5 Å². The van der Waals surface area contributed by atoms with Crippen molar-refractivity contribution in [1.82, 2.24) is 4.31 Å². The normalized spacial score (nSPS) is 17.8. The first-order valence-corrected chi connectivity index (χ1v) is 11.5. The lowest BCUT2D eigenvalue weighted by molar-refractivity contribution is 0.0730. The fraction of sp³-hybridized carbons (Fsp3) is 0.381. The summed E-state index contributed by atoms with van der Waals surface area (Å²) in [5.74, 6) is -0.213. The van der Waals surface area contributed by atoms with Crippen LogP contribution in [-0.2, 0) is 21.2 Å². The van der Waals surface area contributed by atoms with Crippen molar-refractivity contribution in [1.29, 1.82) is 0 Å². The summed E-state index contributed by atoms with van der Waals surface area (Å²) in [7, 11) is -3.80. The molecule has 2 aliphatic rings. The van der Waals surface area contributed by atoms with E-state index in [2.05, 4.69) is 0 Å². The Kier molecular flexibility index (Phi) is 5.66. The second-order valence-corrected chi connectivity index (χ2v) is 9.62. The van der Waals surface area contributed by atoms with Crippen LogP contribution in [0.15, 0.2) is 41.3 Å². The number of halogens is 1. The van der Waals surface area contributed by atoms with E-state index in [4.69, 9.17) is 16.3 Å². The molecule has 1 saturated heterocycles. The van der Waals surface area contributed by atoms with Crippen LogP contribution < -0.4 is 4.90 Å². The molecule has 0 N–H and O–H groups in total. The maximum atomic E-state index is 13.3. The lowest BCUT2D eigenvalue weighted by Crippen LogP contribution is -2.41. The highest BCUT2D eigenvalue weighted by Gasteiger charge is 2.31. The number of anilines is 1. The summed E-state index contributed by atoms with van der Waals surface area (Å²) < 4.78 is 32.7. The maximum absolute atomic E-state index is 13.3.